The van der Waals surface area contributed by atoms with Crippen molar-refractivity contribution in [2.75, 3.05) is 0 Å². The topological polar surface area (TPSA) is 66.8 Å². The minimum Gasteiger partial charge on any atom is -0.460 e. The SMILES string of the molecule is C=C[C@](C)(O)[C@H](O)[C@@H](C)OC(C)=O. The first-order valence-corrected chi connectivity index (χ1v) is 4.02. The van der Waals surface area contributed by atoms with E-state index >= 15 is 0 Å². The Bertz CT molecular complexity index is 198. The molecule has 0 aromatic rings. The van der Waals surface area contributed by atoms with Gasteiger partial charge in [-0.25, -0.2) is 0 Å². The molecule has 0 rings (SSSR count). The molecule has 13 heavy (non-hydrogen) atoms. The number of ether oxygens (including phenoxy) is 1. The summed E-state index contributed by atoms with van der Waals surface area (Å²) in [4.78, 5) is 10.5. The third kappa shape index (κ3) is 3.57. The van der Waals surface area contributed by atoms with E-state index in [2.05, 4.69) is 6.58 Å². The molecule has 0 aliphatic heterocycles. The molecule has 0 aromatic carbocycles. The Morgan fingerprint density at radius 3 is 2.46 bits per heavy atom. The van der Waals surface area contributed by atoms with Crippen LogP contribution in [0.25, 0.3) is 0 Å². The van der Waals surface area contributed by atoms with Crippen LogP contribution in [0.15, 0.2) is 12.7 Å². The zero-order valence-electron chi connectivity index (χ0n) is 8.15. The summed E-state index contributed by atoms with van der Waals surface area (Å²) >= 11 is 0. The lowest BCUT2D eigenvalue weighted by Gasteiger charge is -2.29. The van der Waals surface area contributed by atoms with Crippen molar-refractivity contribution >= 4 is 5.97 Å². The number of rotatable bonds is 4. The van der Waals surface area contributed by atoms with Crippen molar-refractivity contribution in [3.63, 3.8) is 0 Å². The fourth-order valence-electron chi connectivity index (χ4n) is 0.922. The summed E-state index contributed by atoms with van der Waals surface area (Å²) in [6.07, 6.45) is -0.725. The molecule has 0 aromatic heterocycles. The number of hydrogen-bond donors (Lipinski definition) is 2. The average molecular weight is 188 g/mol. The molecule has 0 aliphatic carbocycles. The van der Waals surface area contributed by atoms with Crippen molar-refractivity contribution in [1.82, 2.24) is 0 Å². The van der Waals surface area contributed by atoms with E-state index < -0.39 is 23.8 Å². The Labute approximate surface area is 77.8 Å². The first-order chi connectivity index (χ1) is 5.81. The lowest BCUT2D eigenvalue weighted by atomic mass is 9.95. The van der Waals surface area contributed by atoms with Crippen molar-refractivity contribution in [2.45, 2.75) is 38.6 Å². The van der Waals surface area contributed by atoms with E-state index in [0.717, 1.165) is 0 Å². The lowest BCUT2D eigenvalue weighted by molar-refractivity contribution is -0.159. The van der Waals surface area contributed by atoms with E-state index in [9.17, 15) is 15.0 Å². The van der Waals surface area contributed by atoms with Gasteiger partial charge in [-0.3, -0.25) is 4.79 Å². The maximum Gasteiger partial charge on any atom is 0.302 e. The molecule has 0 saturated carbocycles. The van der Waals surface area contributed by atoms with E-state index in [4.69, 9.17) is 4.74 Å². The van der Waals surface area contributed by atoms with Crippen molar-refractivity contribution in [3.05, 3.63) is 12.7 Å². The third-order valence-corrected chi connectivity index (χ3v) is 1.81. The number of aliphatic hydroxyl groups excluding tert-OH is 1. The molecule has 4 heteroatoms. The maximum absolute atomic E-state index is 10.5. The number of aliphatic hydroxyl groups is 2. The van der Waals surface area contributed by atoms with E-state index in [-0.39, 0.29) is 0 Å². The van der Waals surface area contributed by atoms with E-state index in [1.54, 1.807) is 0 Å². The van der Waals surface area contributed by atoms with Gasteiger partial charge in [0, 0.05) is 6.92 Å². The molecule has 0 heterocycles. The van der Waals surface area contributed by atoms with E-state index in [0.29, 0.717) is 0 Å². The van der Waals surface area contributed by atoms with Gasteiger partial charge in [0.2, 0.25) is 0 Å². The average Bonchev–Trinajstić information content (AvgIpc) is 2.01. The number of esters is 1. The van der Waals surface area contributed by atoms with Crippen molar-refractivity contribution in [2.24, 2.45) is 0 Å². The van der Waals surface area contributed by atoms with Crippen LogP contribution in [0.4, 0.5) is 0 Å². The van der Waals surface area contributed by atoms with Gasteiger partial charge in [-0.05, 0) is 13.8 Å². The Morgan fingerprint density at radius 2 is 2.15 bits per heavy atom. The zero-order valence-corrected chi connectivity index (χ0v) is 8.15. The van der Waals surface area contributed by atoms with Crippen molar-refractivity contribution in [1.29, 1.82) is 0 Å². The summed E-state index contributed by atoms with van der Waals surface area (Å²) in [5.41, 5.74) is -1.45. The van der Waals surface area contributed by atoms with Crippen molar-refractivity contribution in [3.8, 4) is 0 Å². The predicted molar refractivity (Wildman–Crippen MR) is 48.1 cm³/mol. The number of carbonyl (C=O) groups is 1. The van der Waals surface area contributed by atoms with Crippen LogP contribution in [-0.4, -0.2) is 34.0 Å². The fraction of sp³-hybridized carbons (Fsp3) is 0.667. The minimum absolute atomic E-state index is 0.494. The highest BCUT2D eigenvalue weighted by Crippen LogP contribution is 2.16. The molecular weight excluding hydrogens is 172 g/mol. The van der Waals surface area contributed by atoms with E-state index in [1.165, 1.54) is 26.8 Å². The largest absolute Gasteiger partial charge is 0.460 e. The highest BCUT2D eigenvalue weighted by atomic mass is 16.6. The molecule has 0 unspecified atom stereocenters. The Hall–Kier alpha value is -0.870. The van der Waals surface area contributed by atoms with Gasteiger partial charge in [-0.15, -0.1) is 6.58 Å². The van der Waals surface area contributed by atoms with Crippen LogP contribution in [-0.2, 0) is 9.53 Å². The van der Waals surface area contributed by atoms with Gasteiger partial charge in [0.1, 0.15) is 17.8 Å². The predicted octanol–water partition coefficient (Wildman–Crippen LogP) is 0.236. The first kappa shape index (κ1) is 12.1. The standard InChI is InChI=1S/C9H16O4/c1-5-9(4,12)8(11)6(2)13-7(3)10/h5-6,8,11-12H,1H2,2-4H3/t6-,8-,9+/m1/s1. The number of hydrogen-bond acceptors (Lipinski definition) is 4. The summed E-state index contributed by atoms with van der Waals surface area (Å²) in [6, 6.07) is 0. The summed E-state index contributed by atoms with van der Waals surface area (Å²) in [7, 11) is 0. The minimum atomic E-state index is -1.45. The molecule has 0 radical (unpaired) electrons. The summed E-state index contributed by atoms with van der Waals surface area (Å²) in [5, 5.41) is 19.0. The molecule has 0 fully saturated rings. The molecule has 0 bridgehead atoms. The molecule has 4 nitrogen and oxygen atoms in total. The van der Waals surface area contributed by atoms with Gasteiger partial charge in [-0.2, -0.15) is 0 Å². The van der Waals surface area contributed by atoms with Gasteiger partial charge < -0.3 is 14.9 Å². The Morgan fingerprint density at radius 1 is 1.69 bits per heavy atom. The summed E-state index contributed by atoms with van der Waals surface area (Å²) < 4.78 is 4.70. The van der Waals surface area contributed by atoms with Gasteiger partial charge in [-0.1, -0.05) is 6.08 Å². The quantitative estimate of drug-likeness (QED) is 0.490. The molecule has 76 valence electrons. The van der Waals surface area contributed by atoms with Crippen LogP contribution in [0.2, 0.25) is 0 Å². The van der Waals surface area contributed by atoms with Gasteiger partial charge in [0.25, 0.3) is 0 Å². The van der Waals surface area contributed by atoms with E-state index in [1.807, 2.05) is 0 Å². The smallest absolute Gasteiger partial charge is 0.302 e. The van der Waals surface area contributed by atoms with Crippen LogP contribution in [0.1, 0.15) is 20.8 Å². The lowest BCUT2D eigenvalue weighted by Crippen LogP contribution is -2.45. The second-order valence-electron chi connectivity index (χ2n) is 3.19. The second kappa shape index (κ2) is 4.39. The van der Waals surface area contributed by atoms with Crippen LogP contribution in [0.3, 0.4) is 0 Å². The molecular formula is C9H16O4. The van der Waals surface area contributed by atoms with Crippen LogP contribution >= 0.6 is 0 Å². The Kier molecular flexibility index (Phi) is 4.10. The zero-order chi connectivity index (χ0) is 10.6. The fourth-order valence-corrected chi connectivity index (χ4v) is 0.922. The molecule has 0 saturated heterocycles. The highest BCUT2D eigenvalue weighted by molar-refractivity contribution is 5.66. The third-order valence-electron chi connectivity index (χ3n) is 1.81. The van der Waals surface area contributed by atoms with Crippen molar-refractivity contribution < 1.29 is 19.7 Å². The molecule has 2 N–H and O–H groups in total. The van der Waals surface area contributed by atoms with Crippen LogP contribution < -0.4 is 0 Å². The van der Waals surface area contributed by atoms with Crippen LogP contribution in [0, 0.1) is 0 Å². The number of carbonyl (C=O) groups excluding carboxylic acids is 1. The molecule has 3 atom stereocenters. The maximum atomic E-state index is 10.5. The summed E-state index contributed by atoms with van der Waals surface area (Å²) in [6.45, 7) is 7.50. The first-order valence-electron chi connectivity index (χ1n) is 4.02. The monoisotopic (exact) mass is 188 g/mol. The Balaban J connectivity index is 4.32. The highest BCUT2D eigenvalue weighted by Gasteiger charge is 2.33. The molecule has 0 aliphatic rings. The molecule has 0 spiro atoms. The van der Waals surface area contributed by atoms with Gasteiger partial charge in [0.05, 0.1) is 0 Å². The van der Waals surface area contributed by atoms with Gasteiger partial charge in [0.15, 0.2) is 0 Å². The second-order valence-corrected chi connectivity index (χ2v) is 3.19. The summed E-state index contributed by atoms with van der Waals surface area (Å²) in [5.74, 6) is -0.494. The normalized spacial score (nSPS) is 19.8. The van der Waals surface area contributed by atoms with Gasteiger partial charge >= 0.3 is 5.97 Å². The van der Waals surface area contributed by atoms with Crippen LogP contribution in [0.5, 0.6) is 0 Å². The molecule has 0 amide bonds.